The van der Waals surface area contributed by atoms with Crippen LogP contribution in [-0.2, 0) is 11.4 Å². The molecule has 0 bridgehead atoms. The molecule has 1 N–H and O–H groups in total. The van der Waals surface area contributed by atoms with Gasteiger partial charge < -0.3 is 10.1 Å². The number of nitrogens with zero attached hydrogens (tertiary/aromatic N) is 1. The molecule has 0 saturated carbocycles. The van der Waals surface area contributed by atoms with Gasteiger partial charge in [-0.3, -0.25) is 4.79 Å². The van der Waals surface area contributed by atoms with Crippen LogP contribution < -0.4 is 10.1 Å². The Balaban J connectivity index is 1.70. The molecule has 31 heavy (non-hydrogen) atoms. The molecule has 0 heterocycles. The van der Waals surface area contributed by atoms with Crippen LogP contribution in [0.15, 0.2) is 66.2 Å². The summed E-state index contributed by atoms with van der Waals surface area (Å²) in [6.45, 7) is 2.07. The Morgan fingerprint density at radius 2 is 1.84 bits per heavy atom. The molecule has 1 amide bonds. The maximum absolute atomic E-state index is 13.0. The minimum atomic E-state index is -0.560. The maximum Gasteiger partial charge on any atom is 0.266 e. The number of ether oxygens (including phenoxy) is 1. The highest BCUT2D eigenvalue weighted by atomic mass is 35.5. The van der Waals surface area contributed by atoms with E-state index in [9.17, 15) is 14.4 Å². The average molecular weight is 455 g/mol. The quantitative estimate of drug-likeness (QED) is 0.338. The van der Waals surface area contributed by atoms with Crippen molar-refractivity contribution >= 4 is 40.9 Å². The predicted octanol–water partition coefficient (Wildman–Crippen LogP) is 6.57. The van der Waals surface area contributed by atoms with Gasteiger partial charge in [0.2, 0.25) is 0 Å². The lowest BCUT2D eigenvalue weighted by atomic mass is 10.1. The number of anilines is 1. The number of halogens is 3. The van der Waals surface area contributed by atoms with E-state index >= 15 is 0 Å². The number of carbonyl (C=O) groups is 1. The fourth-order valence-corrected chi connectivity index (χ4v) is 3.07. The van der Waals surface area contributed by atoms with Crippen molar-refractivity contribution in [3.05, 3.63) is 98.8 Å². The number of rotatable bonds is 6. The van der Waals surface area contributed by atoms with Crippen LogP contribution in [0, 0.1) is 24.1 Å². The van der Waals surface area contributed by atoms with Crippen LogP contribution >= 0.6 is 23.2 Å². The van der Waals surface area contributed by atoms with Gasteiger partial charge >= 0.3 is 0 Å². The second-order valence-electron chi connectivity index (χ2n) is 6.69. The second-order valence-corrected chi connectivity index (χ2v) is 7.51. The number of hydrogen-bond donors (Lipinski definition) is 1. The zero-order valence-electron chi connectivity index (χ0n) is 16.5. The number of amides is 1. The van der Waals surface area contributed by atoms with E-state index in [2.05, 4.69) is 5.32 Å². The summed E-state index contributed by atoms with van der Waals surface area (Å²) in [5.41, 5.74) is 2.64. The van der Waals surface area contributed by atoms with E-state index in [0.717, 1.165) is 11.1 Å². The molecule has 0 aliphatic heterocycles. The van der Waals surface area contributed by atoms with Gasteiger partial charge in [-0.1, -0.05) is 47.5 Å². The van der Waals surface area contributed by atoms with Crippen LogP contribution in [0.25, 0.3) is 6.08 Å². The van der Waals surface area contributed by atoms with E-state index in [4.69, 9.17) is 27.9 Å². The Labute approximate surface area is 189 Å². The van der Waals surface area contributed by atoms with Crippen LogP contribution in [0.5, 0.6) is 5.75 Å². The molecule has 0 atom stereocenters. The average Bonchev–Trinajstić information content (AvgIpc) is 2.75. The molecular formula is C24H17Cl2FN2O2. The molecule has 0 aromatic heterocycles. The van der Waals surface area contributed by atoms with Crippen molar-refractivity contribution in [2.75, 3.05) is 5.32 Å². The van der Waals surface area contributed by atoms with E-state index in [1.807, 2.05) is 13.0 Å². The minimum absolute atomic E-state index is 0.0901. The van der Waals surface area contributed by atoms with Gasteiger partial charge in [-0.25, -0.2) is 4.39 Å². The summed E-state index contributed by atoms with van der Waals surface area (Å²) in [6, 6.07) is 17.9. The molecule has 156 valence electrons. The molecule has 0 aliphatic carbocycles. The summed E-state index contributed by atoms with van der Waals surface area (Å²) >= 11 is 12.3. The van der Waals surface area contributed by atoms with Crippen LogP contribution in [0.4, 0.5) is 10.1 Å². The number of nitriles is 1. The molecule has 3 aromatic carbocycles. The summed E-state index contributed by atoms with van der Waals surface area (Å²) in [7, 11) is 0. The largest absolute Gasteiger partial charge is 0.487 e. The Morgan fingerprint density at radius 1 is 1.10 bits per heavy atom. The van der Waals surface area contributed by atoms with Crippen LogP contribution in [0.1, 0.15) is 16.7 Å². The molecule has 0 fully saturated rings. The fraction of sp³-hybridized carbons (Fsp3) is 0.0833. The van der Waals surface area contributed by atoms with E-state index in [-0.39, 0.29) is 18.0 Å². The zero-order chi connectivity index (χ0) is 22.4. The lowest BCUT2D eigenvalue weighted by Gasteiger charge is -2.09. The number of hydrogen-bond acceptors (Lipinski definition) is 3. The van der Waals surface area contributed by atoms with Crippen LogP contribution in [0.3, 0.4) is 0 Å². The molecular weight excluding hydrogens is 438 g/mol. The first kappa shape index (κ1) is 22.4. The summed E-state index contributed by atoms with van der Waals surface area (Å²) < 4.78 is 18.6. The van der Waals surface area contributed by atoms with Gasteiger partial charge in [0.1, 0.15) is 29.8 Å². The topological polar surface area (TPSA) is 62.1 Å². The molecule has 0 unspecified atom stereocenters. The SMILES string of the molecule is Cc1ccc(NC(=O)/C(C#N)=C/c2ccc(OCc3ccc(F)cc3)c(Cl)c2)cc1Cl. The summed E-state index contributed by atoms with van der Waals surface area (Å²) in [6.07, 6.45) is 1.43. The smallest absolute Gasteiger partial charge is 0.266 e. The maximum atomic E-state index is 13.0. The first-order valence-corrected chi connectivity index (χ1v) is 9.97. The van der Waals surface area contributed by atoms with E-state index in [1.54, 1.807) is 48.5 Å². The second kappa shape index (κ2) is 10.1. The number of benzene rings is 3. The van der Waals surface area contributed by atoms with Gasteiger partial charge in [0.05, 0.1) is 5.02 Å². The van der Waals surface area contributed by atoms with E-state index in [1.165, 1.54) is 18.2 Å². The standard InChI is InChI=1S/C24H17Cl2FN2O2/c1-15-2-8-20(12-21(15)25)29-24(30)18(13-28)10-17-5-9-23(22(26)11-17)31-14-16-3-6-19(27)7-4-16/h2-12H,14H2,1H3,(H,29,30)/b18-10+. The van der Waals surface area contributed by atoms with E-state index in [0.29, 0.717) is 27.0 Å². The van der Waals surface area contributed by atoms with Crippen molar-refractivity contribution in [3.63, 3.8) is 0 Å². The third kappa shape index (κ3) is 6.08. The van der Waals surface area contributed by atoms with Crippen molar-refractivity contribution in [2.24, 2.45) is 0 Å². The van der Waals surface area contributed by atoms with Gasteiger partial charge in [0, 0.05) is 10.7 Å². The number of nitrogens with one attached hydrogen (secondary N) is 1. The van der Waals surface area contributed by atoms with Crippen molar-refractivity contribution in [1.82, 2.24) is 0 Å². The first-order valence-electron chi connectivity index (χ1n) is 9.22. The highest BCUT2D eigenvalue weighted by Gasteiger charge is 2.11. The molecule has 7 heteroatoms. The Bertz CT molecular complexity index is 1190. The van der Waals surface area contributed by atoms with Gasteiger partial charge in [-0.15, -0.1) is 0 Å². The van der Waals surface area contributed by atoms with Crippen molar-refractivity contribution in [1.29, 1.82) is 5.26 Å². The molecule has 0 aliphatic rings. The predicted molar refractivity (Wildman–Crippen MR) is 121 cm³/mol. The van der Waals surface area contributed by atoms with Crippen molar-refractivity contribution in [3.8, 4) is 11.8 Å². The number of aryl methyl sites for hydroxylation is 1. The number of carbonyl (C=O) groups excluding carboxylic acids is 1. The molecule has 0 saturated heterocycles. The lowest BCUT2D eigenvalue weighted by molar-refractivity contribution is -0.112. The van der Waals surface area contributed by atoms with E-state index < -0.39 is 5.91 Å². The van der Waals surface area contributed by atoms with Crippen LogP contribution in [-0.4, -0.2) is 5.91 Å². The van der Waals surface area contributed by atoms with Crippen LogP contribution in [0.2, 0.25) is 10.0 Å². The molecule has 3 rings (SSSR count). The normalized spacial score (nSPS) is 11.0. The monoisotopic (exact) mass is 454 g/mol. The Hall–Kier alpha value is -3.33. The van der Waals surface area contributed by atoms with Gasteiger partial charge in [0.25, 0.3) is 5.91 Å². The molecule has 4 nitrogen and oxygen atoms in total. The summed E-state index contributed by atoms with van der Waals surface area (Å²) in [5.74, 6) is -0.448. The van der Waals surface area contributed by atoms with Crippen molar-refractivity contribution < 1.29 is 13.9 Å². The highest BCUT2D eigenvalue weighted by molar-refractivity contribution is 6.32. The van der Waals surface area contributed by atoms with Crippen molar-refractivity contribution in [2.45, 2.75) is 13.5 Å². The highest BCUT2D eigenvalue weighted by Crippen LogP contribution is 2.27. The third-order valence-electron chi connectivity index (χ3n) is 4.37. The van der Waals surface area contributed by atoms with Gasteiger partial charge in [-0.2, -0.15) is 5.26 Å². The Morgan fingerprint density at radius 3 is 2.48 bits per heavy atom. The molecule has 3 aromatic rings. The first-order chi connectivity index (χ1) is 14.9. The van der Waals surface area contributed by atoms with Gasteiger partial charge in [0.15, 0.2) is 0 Å². The molecule has 0 radical (unpaired) electrons. The Kier molecular flexibility index (Phi) is 7.30. The summed E-state index contributed by atoms with van der Waals surface area (Å²) in [4.78, 5) is 12.5. The van der Waals surface area contributed by atoms with Gasteiger partial charge in [-0.05, 0) is 66.1 Å². The minimum Gasteiger partial charge on any atom is -0.487 e. The molecule has 0 spiro atoms. The third-order valence-corrected chi connectivity index (χ3v) is 5.07. The summed E-state index contributed by atoms with van der Waals surface area (Å²) in [5, 5.41) is 12.9. The zero-order valence-corrected chi connectivity index (χ0v) is 18.0. The fourth-order valence-electron chi connectivity index (χ4n) is 2.65. The lowest BCUT2D eigenvalue weighted by Crippen LogP contribution is -2.13.